The van der Waals surface area contributed by atoms with Crippen molar-refractivity contribution in [1.82, 2.24) is 0 Å². The van der Waals surface area contributed by atoms with E-state index in [0.29, 0.717) is 30.9 Å². The molecule has 18 heavy (non-hydrogen) atoms. The number of rotatable bonds is 4. The van der Waals surface area contributed by atoms with Crippen molar-refractivity contribution in [2.45, 2.75) is 12.5 Å². The molecule has 0 bridgehead atoms. The molecule has 0 aromatic heterocycles. The van der Waals surface area contributed by atoms with Crippen molar-refractivity contribution in [3.05, 3.63) is 28.2 Å². The number of nitriles is 1. The molecule has 1 aliphatic heterocycles. The molecule has 2 N–H and O–H groups in total. The molecule has 1 atom stereocenters. The highest BCUT2D eigenvalue weighted by atomic mass is 79.9. The highest BCUT2D eigenvalue weighted by molar-refractivity contribution is 9.10. The fourth-order valence-electron chi connectivity index (χ4n) is 1.57. The van der Waals surface area contributed by atoms with Gasteiger partial charge in [0.15, 0.2) is 6.10 Å². The summed E-state index contributed by atoms with van der Waals surface area (Å²) in [5.41, 5.74) is 6.90. The van der Waals surface area contributed by atoms with Gasteiger partial charge >= 0.3 is 0 Å². The van der Waals surface area contributed by atoms with Gasteiger partial charge in [-0.1, -0.05) is 5.16 Å². The maximum absolute atomic E-state index is 8.75. The van der Waals surface area contributed by atoms with E-state index in [4.69, 9.17) is 20.6 Å². The van der Waals surface area contributed by atoms with Crippen LogP contribution in [0.5, 0.6) is 5.75 Å². The number of hydrogen-bond acceptors (Lipinski definition) is 5. The number of nitrogens with zero attached hydrogens (tertiary/aromatic N) is 2. The van der Waals surface area contributed by atoms with E-state index in [9.17, 15) is 0 Å². The number of hydrogen-bond donors (Lipinski definition) is 1. The van der Waals surface area contributed by atoms with Gasteiger partial charge in [-0.2, -0.15) is 5.26 Å². The Balaban J connectivity index is 1.90. The molecule has 5 nitrogen and oxygen atoms in total. The average molecular weight is 310 g/mol. The molecule has 94 valence electrons. The van der Waals surface area contributed by atoms with Gasteiger partial charge in [-0.15, -0.1) is 0 Å². The summed E-state index contributed by atoms with van der Waals surface area (Å²) in [6.45, 7) is 0.814. The fourth-order valence-corrected chi connectivity index (χ4v) is 2.06. The highest BCUT2D eigenvalue weighted by Gasteiger charge is 2.20. The minimum absolute atomic E-state index is 0.0916. The second kappa shape index (κ2) is 5.85. The molecule has 1 unspecified atom stereocenters. The Labute approximate surface area is 113 Å². The molecular formula is C12H12BrN3O2. The standard InChI is InChI=1S/C12H12BrN3O2/c13-11-3-8(5-14)1-2-12(11)17-7-10-4-9(6-15)16-18-10/h1-3,10H,4,6-7,15H2. The molecule has 0 saturated carbocycles. The Morgan fingerprint density at radius 2 is 2.44 bits per heavy atom. The van der Waals surface area contributed by atoms with Crippen LogP contribution in [0.25, 0.3) is 0 Å². The van der Waals surface area contributed by atoms with E-state index < -0.39 is 0 Å². The average Bonchev–Trinajstić information content (AvgIpc) is 2.85. The predicted molar refractivity (Wildman–Crippen MR) is 70.3 cm³/mol. The number of benzene rings is 1. The van der Waals surface area contributed by atoms with Crippen LogP contribution < -0.4 is 10.5 Å². The van der Waals surface area contributed by atoms with E-state index in [0.717, 1.165) is 10.2 Å². The van der Waals surface area contributed by atoms with Crippen LogP contribution >= 0.6 is 15.9 Å². The lowest BCUT2D eigenvalue weighted by Gasteiger charge is -2.11. The van der Waals surface area contributed by atoms with Gasteiger partial charge in [-0.05, 0) is 34.1 Å². The molecule has 0 spiro atoms. The predicted octanol–water partition coefficient (Wildman–Crippen LogP) is 1.80. The Morgan fingerprint density at radius 3 is 3.06 bits per heavy atom. The van der Waals surface area contributed by atoms with Gasteiger partial charge in [-0.25, -0.2) is 0 Å². The van der Waals surface area contributed by atoms with Gasteiger partial charge in [-0.3, -0.25) is 0 Å². The maximum atomic E-state index is 8.75. The first-order valence-corrected chi connectivity index (χ1v) is 6.26. The van der Waals surface area contributed by atoms with E-state index in [1.807, 2.05) is 0 Å². The van der Waals surface area contributed by atoms with Gasteiger partial charge in [0.25, 0.3) is 0 Å². The van der Waals surface area contributed by atoms with Crippen LogP contribution in [0, 0.1) is 11.3 Å². The molecule has 1 heterocycles. The molecule has 2 rings (SSSR count). The normalized spacial score (nSPS) is 17.8. The van der Waals surface area contributed by atoms with Crippen LogP contribution in [0.2, 0.25) is 0 Å². The van der Waals surface area contributed by atoms with E-state index >= 15 is 0 Å². The van der Waals surface area contributed by atoms with Gasteiger partial charge in [0.05, 0.1) is 21.8 Å². The second-order valence-electron chi connectivity index (χ2n) is 3.86. The monoisotopic (exact) mass is 309 g/mol. The van der Waals surface area contributed by atoms with Crippen molar-refractivity contribution in [1.29, 1.82) is 5.26 Å². The molecule has 0 fully saturated rings. The quantitative estimate of drug-likeness (QED) is 0.919. The molecular weight excluding hydrogens is 298 g/mol. The van der Waals surface area contributed by atoms with Crippen molar-refractivity contribution >= 4 is 21.6 Å². The summed E-state index contributed by atoms with van der Waals surface area (Å²) in [7, 11) is 0. The Kier molecular flexibility index (Phi) is 4.18. The van der Waals surface area contributed by atoms with Crippen LogP contribution in [-0.4, -0.2) is 25.0 Å². The van der Waals surface area contributed by atoms with E-state index in [2.05, 4.69) is 27.2 Å². The molecule has 6 heteroatoms. The molecule has 0 amide bonds. The van der Waals surface area contributed by atoms with Crippen LogP contribution in [0.4, 0.5) is 0 Å². The minimum atomic E-state index is -0.0916. The number of oxime groups is 1. The molecule has 1 aromatic carbocycles. The molecule has 0 saturated heterocycles. The lowest BCUT2D eigenvalue weighted by Crippen LogP contribution is -2.20. The van der Waals surface area contributed by atoms with Crippen molar-refractivity contribution < 1.29 is 9.57 Å². The van der Waals surface area contributed by atoms with E-state index in [-0.39, 0.29) is 6.10 Å². The second-order valence-corrected chi connectivity index (χ2v) is 4.72. The topological polar surface area (TPSA) is 80.6 Å². The van der Waals surface area contributed by atoms with Gasteiger partial charge in [0.1, 0.15) is 12.4 Å². The van der Waals surface area contributed by atoms with Crippen molar-refractivity contribution in [2.24, 2.45) is 10.9 Å². The minimum Gasteiger partial charge on any atom is -0.488 e. The number of ether oxygens (including phenoxy) is 1. The first-order chi connectivity index (χ1) is 8.72. The summed E-state index contributed by atoms with van der Waals surface area (Å²) in [6.07, 6.45) is 0.607. The smallest absolute Gasteiger partial charge is 0.166 e. The number of halogens is 1. The van der Waals surface area contributed by atoms with Crippen LogP contribution in [-0.2, 0) is 4.84 Å². The Bertz CT molecular complexity index is 511. The Morgan fingerprint density at radius 1 is 1.61 bits per heavy atom. The largest absolute Gasteiger partial charge is 0.488 e. The van der Waals surface area contributed by atoms with E-state index in [1.165, 1.54) is 0 Å². The third-order valence-electron chi connectivity index (χ3n) is 2.52. The van der Waals surface area contributed by atoms with Gasteiger partial charge in [0, 0.05) is 13.0 Å². The summed E-state index contributed by atoms with van der Waals surface area (Å²) in [5, 5.41) is 12.6. The van der Waals surface area contributed by atoms with Crippen LogP contribution in [0.15, 0.2) is 27.8 Å². The molecule has 0 aliphatic carbocycles. The first kappa shape index (κ1) is 12.9. The molecule has 1 aliphatic rings. The summed E-state index contributed by atoms with van der Waals surface area (Å²) in [4.78, 5) is 5.18. The van der Waals surface area contributed by atoms with Crippen LogP contribution in [0.3, 0.4) is 0 Å². The highest BCUT2D eigenvalue weighted by Crippen LogP contribution is 2.26. The summed E-state index contributed by atoms with van der Waals surface area (Å²) in [5.74, 6) is 0.679. The maximum Gasteiger partial charge on any atom is 0.166 e. The lowest BCUT2D eigenvalue weighted by molar-refractivity contribution is 0.0468. The van der Waals surface area contributed by atoms with Crippen molar-refractivity contribution in [3.8, 4) is 11.8 Å². The zero-order valence-electron chi connectivity index (χ0n) is 9.60. The first-order valence-electron chi connectivity index (χ1n) is 5.47. The lowest BCUT2D eigenvalue weighted by atomic mass is 10.2. The summed E-state index contributed by atoms with van der Waals surface area (Å²) < 4.78 is 6.37. The fraction of sp³-hybridized carbons (Fsp3) is 0.333. The van der Waals surface area contributed by atoms with Crippen molar-refractivity contribution in [2.75, 3.05) is 13.2 Å². The van der Waals surface area contributed by atoms with E-state index in [1.54, 1.807) is 18.2 Å². The third-order valence-corrected chi connectivity index (χ3v) is 3.14. The number of nitrogens with two attached hydrogens (primary N) is 1. The zero-order valence-corrected chi connectivity index (χ0v) is 11.2. The molecule has 0 radical (unpaired) electrons. The Hall–Kier alpha value is -1.58. The third kappa shape index (κ3) is 3.00. The zero-order chi connectivity index (χ0) is 13.0. The van der Waals surface area contributed by atoms with Crippen LogP contribution in [0.1, 0.15) is 12.0 Å². The summed E-state index contributed by atoms with van der Waals surface area (Å²) >= 11 is 3.36. The molecule has 1 aromatic rings. The SMILES string of the molecule is N#Cc1ccc(OCC2CC(CN)=NO2)c(Br)c1. The van der Waals surface area contributed by atoms with Gasteiger partial charge in [0.2, 0.25) is 0 Å². The van der Waals surface area contributed by atoms with Crippen molar-refractivity contribution in [3.63, 3.8) is 0 Å². The van der Waals surface area contributed by atoms with Gasteiger partial charge < -0.3 is 15.3 Å². The summed E-state index contributed by atoms with van der Waals surface area (Å²) in [6, 6.07) is 7.24.